The third-order valence-corrected chi connectivity index (χ3v) is 6.16. The molecule has 0 nitrogen and oxygen atoms in total. The lowest BCUT2D eigenvalue weighted by Gasteiger charge is -2.12. The Morgan fingerprint density at radius 1 is 1.17 bits per heavy atom. The molecule has 0 saturated heterocycles. The smallest absolute Gasteiger partial charge is 0.0656 e. The normalized spacial score (nSPS) is 14.4. The Kier molecular flexibility index (Phi) is 5.27. The van der Waals surface area contributed by atoms with E-state index in [9.17, 15) is 0 Å². The Morgan fingerprint density at radius 3 is 2.28 bits per heavy atom. The maximum absolute atomic E-state index is 3.79. The molecule has 2 atom stereocenters. The van der Waals surface area contributed by atoms with Crippen LogP contribution in [0.25, 0.3) is 0 Å². The van der Waals surface area contributed by atoms with E-state index in [1.54, 1.807) is 11.3 Å². The van der Waals surface area contributed by atoms with Crippen molar-refractivity contribution in [3.63, 3.8) is 0 Å². The number of hydrogen-bond acceptors (Lipinski definition) is 1. The van der Waals surface area contributed by atoms with E-state index in [0.29, 0.717) is 10.7 Å². The standard InChI is InChI=1S/C15H16BrIS/c1-3-10(2)11-4-6-12(7-5-11)15(16)13-8-14(17)18-9-13/h4-10,15H,3H2,1-2H3. The molecule has 3 heteroatoms. The van der Waals surface area contributed by atoms with Crippen LogP contribution in [-0.4, -0.2) is 0 Å². The van der Waals surface area contributed by atoms with E-state index in [1.807, 2.05) is 0 Å². The number of halogens is 2. The van der Waals surface area contributed by atoms with Gasteiger partial charge in [-0.05, 0) is 63.1 Å². The minimum atomic E-state index is 0.309. The third-order valence-electron chi connectivity index (χ3n) is 3.29. The lowest BCUT2D eigenvalue weighted by molar-refractivity contribution is 0.733. The molecular formula is C15H16BrIS. The van der Waals surface area contributed by atoms with Crippen molar-refractivity contribution in [1.29, 1.82) is 0 Å². The van der Waals surface area contributed by atoms with Crippen molar-refractivity contribution < 1.29 is 0 Å². The lowest BCUT2D eigenvalue weighted by Crippen LogP contribution is -1.94. The number of alkyl halides is 1. The summed E-state index contributed by atoms with van der Waals surface area (Å²) in [7, 11) is 0. The first-order valence-electron chi connectivity index (χ1n) is 6.09. The monoisotopic (exact) mass is 434 g/mol. The summed E-state index contributed by atoms with van der Waals surface area (Å²) in [6.45, 7) is 4.51. The lowest BCUT2D eigenvalue weighted by atomic mass is 9.96. The van der Waals surface area contributed by atoms with Crippen molar-refractivity contribution in [2.24, 2.45) is 0 Å². The highest BCUT2D eigenvalue weighted by molar-refractivity contribution is 14.1. The van der Waals surface area contributed by atoms with Gasteiger partial charge in [-0.25, -0.2) is 0 Å². The maximum Gasteiger partial charge on any atom is 0.0656 e. The van der Waals surface area contributed by atoms with E-state index in [1.165, 1.54) is 26.0 Å². The Hall–Kier alpha value is 0.130. The van der Waals surface area contributed by atoms with E-state index in [-0.39, 0.29) is 0 Å². The van der Waals surface area contributed by atoms with Gasteiger partial charge >= 0.3 is 0 Å². The molecule has 0 fully saturated rings. The third kappa shape index (κ3) is 3.36. The molecule has 0 aliphatic carbocycles. The highest BCUT2D eigenvalue weighted by atomic mass is 127. The van der Waals surface area contributed by atoms with Crippen molar-refractivity contribution in [1.82, 2.24) is 0 Å². The SMILES string of the molecule is CCC(C)c1ccc(C(Br)c2csc(I)c2)cc1. The van der Waals surface area contributed by atoms with Gasteiger partial charge < -0.3 is 0 Å². The number of hydrogen-bond donors (Lipinski definition) is 0. The molecule has 0 spiro atoms. The largest absolute Gasteiger partial charge is 0.137 e. The molecule has 0 aliphatic rings. The second-order valence-corrected chi connectivity index (χ2v) is 8.24. The first kappa shape index (κ1) is 14.5. The van der Waals surface area contributed by atoms with Crippen molar-refractivity contribution >= 4 is 49.9 Å². The summed E-state index contributed by atoms with van der Waals surface area (Å²) in [5, 5.41) is 2.23. The van der Waals surface area contributed by atoms with Gasteiger partial charge in [0, 0.05) is 0 Å². The zero-order valence-corrected chi connectivity index (χ0v) is 15.1. The van der Waals surface area contributed by atoms with Crippen molar-refractivity contribution in [3.05, 3.63) is 55.3 Å². The van der Waals surface area contributed by atoms with Gasteiger partial charge in [-0.15, -0.1) is 11.3 Å². The van der Waals surface area contributed by atoms with E-state index in [0.717, 1.165) is 0 Å². The van der Waals surface area contributed by atoms with Crippen LogP contribution in [0.15, 0.2) is 35.7 Å². The van der Waals surface area contributed by atoms with Crippen LogP contribution in [0.5, 0.6) is 0 Å². The van der Waals surface area contributed by atoms with Crippen LogP contribution in [0, 0.1) is 2.88 Å². The molecule has 0 aliphatic heterocycles. The first-order chi connectivity index (χ1) is 8.61. The molecule has 2 aromatic rings. The van der Waals surface area contributed by atoms with Gasteiger partial charge in [0.25, 0.3) is 0 Å². The average Bonchev–Trinajstić information content (AvgIpc) is 2.84. The van der Waals surface area contributed by atoms with Crippen LogP contribution >= 0.6 is 49.9 Å². The topological polar surface area (TPSA) is 0 Å². The van der Waals surface area contributed by atoms with Gasteiger partial charge in [0.2, 0.25) is 0 Å². The molecular weight excluding hydrogens is 419 g/mol. The molecule has 96 valence electrons. The van der Waals surface area contributed by atoms with Crippen molar-refractivity contribution in [2.75, 3.05) is 0 Å². The van der Waals surface area contributed by atoms with Crippen LogP contribution in [0.2, 0.25) is 0 Å². The molecule has 0 N–H and O–H groups in total. The fourth-order valence-electron chi connectivity index (χ4n) is 1.88. The van der Waals surface area contributed by atoms with Gasteiger partial charge in [0.15, 0.2) is 0 Å². The van der Waals surface area contributed by atoms with E-state index >= 15 is 0 Å². The second kappa shape index (κ2) is 6.53. The number of thiophene rings is 1. The minimum Gasteiger partial charge on any atom is -0.137 e. The van der Waals surface area contributed by atoms with Crippen LogP contribution < -0.4 is 0 Å². The quantitative estimate of drug-likeness (QED) is 0.388. The van der Waals surface area contributed by atoms with Crippen molar-refractivity contribution in [3.8, 4) is 0 Å². The minimum absolute atomic E-state index is 0.309. The fourth-order valence-corrected chi connectivity index (χ4v) is 4.02. The van der Waals surface area contributed by atoms with Crippen LogP contribution in [0.3, 0.4) is 0 Å². The molecule has 0 saturated carbocycles. The fraction of sp³-hybridized carbons (Fsp3) is 0.333. The van der Waals surface area contributed by atoms with Gasteiger partial charge in [-0.1, -0.05) is 54.0 Å². The summed E-state index contributed by atoms with van der Waals surface area (Å²) in [6, 6.07) is 11.2. The van der Waals surface area contributed by atoms with Gasteiger partial charge in [0.1, 0.15) is 0 Å². The molecule has 0 bridgehead atoms. The Bertz CT molecular complexity index is 503. The van der Waals surface area contributed by atoms with Gasteiger partial charge in [-0.3, -0.25) is 0 Å². The second-order valence-electron chi connectivity index (χ2n) is 4.52. The molecule has 0 amide bonds. The van der Waals surface area contributed by atoms with Gasteiger partial charge in [0.05, 0.1) is 7.71 Å². The van der Waals surface area contributed by atoms with Crippen LogP contribution in [0.1, 0.15) is 47.7 Å². The summed E-state index contributed by atoms with van der Waals surface area (Å²) in [5.74, 6) is 0.648. The molecule has 2 unspecified atom stereocenters. The van der Waals surface area contributed by atoms with E-state index in [4.69, 9.17) is 0 Å². The zero-order chi connectivity index (χ0) is 13.1. The summed E-state index contributed by atoms with van der Waals surface area (Å²) in [4.78, 5) is 0.309. The molecule has 0 radical (unpaired) electrons. The van der Waals surface area contributed by atoms with E-state index in [2.05, 4.69) is 88.1 Å². The number of benzene rings is 1. The Balaban J connectivity index is 2.19. The van der Waals surface area contributed by atoms with Crippen molar-refractivity contribution in [2.45, 2.75) is 31.0 Å². The molecule has 1 aromatic carbocycles. The summed E-state index contributed by atoms with van der Waals surface area (Å²) in [6.07, 6.45) is 1.19. The highest BCUT2D eigenvalue weighted by Gasteiger charge is 2.12. The first-order valence-corrected chi connectivity index (χ1v) is 8.97. The summed E-state index contributed by atoms with van der Waals surface area (Å²) < 4.78 is 1.34. The Labute approximate surface area is 135 Å². The maximum atomic E-state index is 3.79. The summed E-state index contributed by atoms with van der Waals surface area (Å²) >= 11 is 7.96. The summed E-state index contributed by atoms with van der Waals surface area (Å²) in [5.41, 5.74) is 4.11. The van der Waals surface area contributed by atoms with Crippen LogP contribution in [-0.2, 0) is 0 Å². The average molecular weight is 435 g/mol. The highest BCUT2D eigenvalue weighted by Crippen LogP contribution is 2.34. The Morgan fingerprint density at radius 2 is 1.78 bits per heavy atom. The van der Waals surface area contributed by atoms with Gasteiger partial charge in [-0.2, -0.15) is 0 Å². The molecule has 1 aromatic heterocycles. The number of rotatable bonds is 4. The molecule has 18 heavy (non-hydrogen) atoms. The predicted molar refractivity (Wildman–Crippen MR) is 93.0 cm³/mol. The zero-order valence-electron chi connectivity index (χ0n) is 10.5. The van der Waals surface area contributed by atoms with E-state index < -0.39 is 0 Å². The van der Waals surface area contributed by atoms with Crippen LogP contribution in [0.4, 0.5) is 0 Å². The molecule has 2 rings (SSSR count). The molecule has 1 heterocycles. The predicted octanol–water partition coefficient (Wildman–Crippen LogP) is 6.35.